The van der Waals surface area contributed by atoms with Crippen molar-refractivity contribution in [3.63, 3.8) is 0 Å². The smallest absolute Gasteiger partial charge is 0.0415 e. The van der Waals surface area contributed by atoms with Crippen LogP contribution in [-0.4, -0.2) is 30.6 Å². The highest BCUT2D eigenvalue weighted by atomic mass is 15.1. The SMILES string of the molecule is CN1CCC2(CC1)c1ccccc1NC2(C)C. The standard InChI is InChI=1S/C15H22N2/c1-14(2)15(8-10-17(3)11-9-15)12-6-4-5-7-13(12)16-14/h4-7,16H,8-11H2,1-3H3. The van der Waals surface area contributed by atoms with Crippen molar-refractivity contribution in [3.05, 3.63) is 29.8 Å². The third-order valence-corrected chi connectivity index (χ3v) is 4.93. The second-order valence-electron chi connectivity index (χ2n) is 6.18. The molecular formula is C15H22N2. The van der Waals surface area contributed by atoms with Gasteiger partial charge in [-0.15, -0.1) is 0 Å². The fourth-order valence-electron chi connectivity index (χ4n) is 3.70. The number of nitrogens with one attached hydrogen (secondary N) is 1. The number of fused-ring (bicyclic) bond motifs is 2. The van der Waals surface area contributed by atoms with Gasteiger partial charge in [-0.05, 0) is 58.5 Å². The van der Waals surface area contributed by atoms with Gasteiger partial charge >= 0.3 is 0 Å². The quantitative estimate of drug-likeness (QED) is 0.737. The van der Waals surface area contributed by atoms with Gasteiger partial charge in [0.1, 0.15) is 0 Å². The number of hydrogen-bond donors (Lipinski definition) is 1. The highest BCUT2D eigenvalue weighted by Crippen LogP contribution is 2.52. The molecule has 1 fully saturated rings. The lowest BCUT2D eigenvalue weighted by Gasteiger charge is -2.46. The fourth-order valence-corrected chi connectivity index (χ4v) is 3.70. The Labute approximate surface area is 104 Å². The average Bonchev–Trinajstić information content (AvgIpc) is 2.51. The van der Waals surface area contributed by atoms with Crippen molar-refractivity contribution in [3.8, 4) is 0 Å². The molecule has 2 heteroatoms. The summed E-state index contributed by atoms with van der Waals surface area (Å²) in [5, 5.41) is 3.73. The number of likely N-dealkylation sites (tertiary alicyclic amines) is 1. The molecule has 17 heavy (non-hydrogen) atoms. The van der Waals surface area contributed by atoms with Gasteiger partial charge in [-0.25, -0.2) is 0 Å². The van der Waals surface area contributed by atoms with Gasteiger partial charge in [0.25, 0.3) is 0 Å². The van der Waals surface area contributed by atoms with Gasteiger partial charge < -0.3 is 10.2 Å². The van der Waals surface area contributed by atoms with E-state index in [0.717, 1.165) is 0 Å². The number of rotatable bonds is 0. The van der Waals surface area contributed by atoms with Crippen LogP contribution in [0.1, 0.15) is 32.3 Å². The van der Waals surface area contributed by atoms with E-state index in [1.54, 1.807) is 0 Å². The molecule has 1 aromatic rings. The van der Waals surface area contributed by atoms with Crippen LogP contribution in [0.15, 0.2) is 24.3 Å². The second-order valence-corrected chi connectivity index (χ2v) is 6.18. The maximum Gasteiger partial charge on any atom is 0.0415 e. The van der Waals surface area contributed by atoms with Crippen molar-refractivity contribution >= 4 is 5.69 Å². The molecule has 0 radical (unpaired) electrons. The lowest BCUT2D eigenvalue weighted by atomic mass is 9.64. The first kappa shape index (κ1) is 11.1. The highest BCUT2D eigenvalue weighted by Gasteiger charge is 2.52. The normalized spacial score (nSPS) is 25.6. The molecule has 1 aromatic carbocycles. The molecule has 2 aliphatic rings. The van der Waals surface area contributed by atoms with Gasteiger partial charge in [-0.1, -0.05) is 18.2 Å². The molecule has 0 atom stereocenters. The zero-order chi connectivity index (χ0) is 12.1. The summed E-state index contributed by atoms with van der Waals surface area (Å²) in [5.74, 6) is 0. The van der Waals surface area contributed by atoms with Gasteiger partial charge in [-0.3, -0.25) is 0 Å². The number of hydrogen-bond acceptors (Lipinski definition) is 2. The Morgan fingerprint density at radius 3 is 2.47 bits per heavy atom. The van der Waals surface area contributed by atoms with Crippen molar-refractivity contribution in [1.29, 1.82) is 0 Å². The van der Waals surface area contributed by atoms with Gasteiger partial charge in [0.15, 0.2) is 0 Å². The van der Waals surface area contributed by atoms with E-state index >= 15 is 0 Å². The Morgan fingerprint density at radius 2 is 1.76 bits per heavy atom. The third-order valence-electron chi connectivity index (χ3n) is 4.93. The number of piperidine rings is 1. The minimum Gasteiger partial charge on any atom is -0.379 e. The van der Waals surface area contributed by atoms with E-state index in [1.165, 1.54) is 37.2 Å². The predicted molar refractivity (Wildman–Crippen MR) is 72.6 cm³/mol. The highest BCUT2D eigenvalue weighted by molar-refractivity contribution is 5.64. The molecule has 0 aliphatic carbocycles. The van der Waals surface area contributed by atoms with E-state index in [9.17, 15) is 0 Å². The van der Waals surface area contributed by atoms with Gasteiger partial charge in [0.2, 0.25) is 0 Å². The van der Waals surface area contributed by atoms with Crippen molar-refractivity contribution in [2.24, 2.45) is 0 Å². The van der Waals surface area contributed by atoms with Crippen molar-refractivity contribution < 1.29 is 0 Å². The molecule has 2 aliphatic heterocycles. The zero-order valence-electron chi connectivity index (χ0n) is 11.1. The lowest BCUT2D eigenvalue weighted by molar-refractivity contribution is 0.146. The van der Waals surface area contributed by atoms with Crippen LogP contribution in [0.25, 0.3) is 0 Å². The van der Waals surface area contributed by atoms with Crippen LogP contribution in [0.2, 0.25) is 0 Å². The molecule has 1 N–H and O–H groups in total. The summed E-state index contributed by atoms with van der Waals surface area (Å²) in [5.41, 5.74) is 3.40. The lowest BCUT2D eigenvalue weighted by Crippen LogP contribution is -2.53. The molecule has 2 heterocycles. The maximum atomic E-state index is 3.73. The van der Waals surface area contributed by atoms with Gasteiger partial charge in [-0.2, -0.15) is 0 Å². The number of benzene rings is 1. The van der Waals surface area contributed by atoms with Crippen LogP contribution in [0.4, 0.5) is 5.69 Å². The molecule has 92 valence electrons. The Balaban J connectivity index is 2.07. The van der Waals surface area contributed by atoms with E-state index in [1.807, 2.05) is 0 Å². The van der Waals surface area contributed by atoms with E-state index in [-0.39, 0.29) is 5.54 Å². The summed E-state index contributed by atoms with van der Waals surface area (Å²) in [6.45, 7) is 7.13. The topological polar surface area (TPSA) is 15.3 Å². The monoisotopic (exact) mass is 230 g/mol. The molecule has 0 aromatic heterocycles. The number of anilines is 1. The van der Waals surface area contributed by atoms with Crippen molar-refractivity contribution in [1.82, 2.24) is 4.90 Å². The van der Waals surface area contributed by atoms with Gasteiger partial charge in [0, 0.05) is 16.6 Å². The number of nitrogens with zero attached hydrogens (tertiary/aromatic N) is 1. The first-order chi connectivity index (χ1) is 8.05. The Bertz CT molecular complexity index is 428. The number of para-hydroxylation sites is 1. The third kappa shape index (κ3) is 1.43. The Morgan fingerprint density at radius 1 is 1.12 bits per heavy atom. The van der Waals surface area contributed by atoms with E-state index < -0.39 is 0 Å². The van der Waals surface area contributed by atoms with Gasteiger partial charge in [0.05, 0.1) is 0 Å². The summed E-state index contributed by atoms with van der Waals surface area (Å²) in [7, 11) is 2.23. The molecule has 3 rings (SSSR count). The molecule has 1 saturated heterocycles. The van der Waals surface area contributed by atoms with Crippen LogP contribution in [0, 0.1) is 0 Å². The Hall–Kier alpha value is -1.02. The summed E-state index contributed by atoms with van der Waals surface area (Å²) >= 11 is 0. The first-order valence-electron chi connectivity index (χ1n) is 6.61. The van der Waals surface area contributed by atoms with Crippen LogP contribution in [-0.2, 0) is 5.41 Å². The molecule has 0 amide bonds. The largest absolute Gasteiger partial charge is 0.379 e. The molecule has 0 saturated carbocycles. The maximum absolute atomic E-state index is 3.73. The minimum atomic E-state index is 0.179. The summed E-state index contributed by atoms with van der Waals surface area (Å²) in [4.78, 5) is 2.45. The van der Waals surface area contributed by atoms with E-state index in [2.05, 4.69) is 55.4 Å². The van der Waals surface area contributed by atoms with Crippen LogP contribution >= 0.6 is 0 Å². The predicted octanol–water partition coefficient (Wildman–Crippen LogP) is 2.85. The molecule has 0 unspecified atom stereocenters. The van der Waals surface area contributed by atoms with E-state index in [0.29, 0.717) is 5.41 Å². The second kappa shape index (κ2) is 3.49. The molecule has 1 spiro atoms. The van der Waals surface area contributed by atoms with Crippen LogP contribution < -0.4 is 5.32 Å². The van der Waals surface area contributed by atoms with E-state index in [4.69, 9.17) is 0 Å². The zero-order valence-corrected chi connectivity index (χ0v) is 11.1. The summed E-state index contributed by atoms with van der Waals surface area (Å²) in [6.07, 6.45) is 2.53. The first-order valence-corrected chi connectivity index (χ1v) is 6.61. The molecule has 0 bridgehead atoms. The average molecular weight is 230 g/mol. The van der Waals surface area contributed by atoms with Crippen LogP contribution in [0.5, 0.6) is 0 Å². The molecular weight excluding hydrogens is 208 g/mol. The molecule has 2 nitrogen and oxygen atoms in total. The van der Waals surface area contributed by atoms with Crippen LogP contribution in [0.3, 0.4) is 0 Å². The van der Waals surface area contributed by atoms with Crippen molar-refractivity contribution in [2.75, 3.05) is 25.5 Å². The fraction of sp³-hybridized carbons (Fsp3) is 0.600. The minimum absolute atomic E-state index is 0.179. The summed E-state index contributed by atoms with van der Waals surface area (Å²) in [6, 6.07) is 8.87. The van der Waals surface area contributed by atoms with Crippen molar-refractivity contribution in [2.45, 2.75) is 37.6 Å². The Kier molecular flexibility index (Phi) is 2.27. The summed E-state index contributed by atoms with van der Waals surface area (Å²) < 4.78 is 0.